The van der Waals surface area contributed by atoms with Crippen LogP contribution in [0, 0.1) is 101 Å². The fraction of sp³-hybridized carbons (Fsp3) is 0.419. The van der Waals surface area contributed by atoms with E-state index in [1.807, 2.05) is 13.8 Å². The molecule has 0 radical (unpaired) electrons. The first-order chi connectivity index (χ1) is 17.5. The Kier molecular flexibility index (Phi) is 11.8. The first-order valence-electron chi connectivity index (χ1n) is 11.8. The average molecular weight is 477 g/mol. The third kappa shape index (κ3) is 8.98. The second kappa shape index (κ2) is 15.3. The Balaban J connectivity index is 2.17. The van der Waals surface area contributed by atoms with Crippen LogP contribution >= 0.6 is 0 Å². The van der Waals surface area contributed by atoms with Crippen molar-refractivity contribution < 1.29 is 14.3 Å². The van der Waals surface area contributed by atoms with Crippen LogP contribution in [0.4, 0.5) is 4.79 Å². The second-order valence-electron chi connectivity index (χ2n) is 8.46. The molecule has 1 heterocycles. The minimum absolute atomic E-state index is 0.0677. The van der Waals surface area contributed by atoms with Crippen molar-refractivity contribution in [3.05, 3.63) is 11.3 Å². The molecule has 1 aliphatic heterocycles. The molecule has 0 spiro atoms. The van der Waals surface area contributed by atoms with Gasteiger partial charge in [-0.05, 0) is 116 Å². The summed E-state index contributed by atoms with van der Waals surface area (Å²) in [7, 11) is 0. The van der Waals surface area contributed by atoms with Crippen LogP contribution in [0.25, 0.3) is 0 Å². The van der Waals surface area contributed by atoms with Crippen molar-refractivity contribution in [2.45, 2.75) is 65.5 Å². The number of rotatable bonds is 5. The predicted molar refractivity (Wildman–Crippen MR) is 139 cm³/mol. The summed E-state index contributed by atoms with van der Waals surface area (Å²) < 4.78 is 5.12. The van der Waals surface area contributed by atoms with Crippen LogP contribution in [0.1, 0.15) is 53.4 Å². The van der Waals surface area contributed by atoms with Gasteiger partial charge in [-0.2, -0.15) is 0 Å². The number of carbonyl (C=O) groups excluding carboxylic acids is 2. The lowest BCUT2D eigenvalue weighted by Crippen LogP contribution is -2.55. The maximum atomic E-state index is 12.3. The molecule has 1 saturated carbocycles. The van der Waals surface area contributed by atoms with Gasteiger partial charge < -0.3 is 15.4 Å². The van der Waals surface area contributed by atoms with E-state index in [0.717, 1.165) is 30.5 Å². The molecule has 5 heteroatoms. The summed E-state index contributed by atoms with van der Waals surface area (Å²) >= 11 is 0. The van der Waals surface area contributed by atoms with Gasteiger partial charge in [-0.25, -0.2) is 4.79 Å². The van der Waals surface area contributed by atoms with Gasteiger partial charge >= 0.3 is 6.03 Å². The smallest absolute Gasteiger partial charge is 0.319 e. The molecule has 2 amide bonds. The molecule has 0 saturated heterocycles. The molecule has 0 aromatic carbocycles. The number of hydrogen-bond acceptors (Lipinski definition) is 3. The van der Waals surface area contributed by atoms with Crippen molar-refractivity contribution >= 4 is 12.5 Å². The number of allylic oxidation sites excluding steroid dienone is 1. The number of urea groups is 1. The largest absolute Gasteiger partial charge is 0.465 e. The molecule has 0 aromatic rings. The molecule has 0 bridgehead atoms. The number of carbonyl (C=O) groups is 2. The molecule has 0 aromatic heterocycles. The van der Waals surface area contributed by atoms with Crippen LogP contribution in [0.5, 0.6) is 0 Å². The van der Waals surface area contributed by atoms with E-state index < -0.39 is 0 Å². The van der Waals surface area contributed by atoms with E-state index >= 15 is 0 Å². The highest BCUT2D eigenvalue weighted by Gasteiger charge is 2.40. The summed E-state index contributed by atoms with van der Waals surface area (Å²) in [5.74, 6) is 38.1. The summed E-state index contributed by atoms with van der Waals surface area (Å²) in [6, 6.07) is -0.411. The Bertz CT molecular complexity index is 1320. The Hall–Kier alpha value is -4.60. The summed E-state index contributed by atoms with van der Waals surface area (Å²) in [5, 5.41) is 5.96. The summed E-state index contributed by atoms with van der Waals surface area (Å²) in [6.45, 7) is 8.09. The third-order valence-electron chi connectivity index (χ3n) is 5.99. The Morgan fingerprint density at radius 2 is 1.56 bits per heavy atom. The van der Waals surface area contributed by atoms with Gasteiger partial charge in [0.15, 0.2) is 0 Å². The van der Waals surface area contributed by atoms with Crippen LogP contribution in [0.15, 0.2) is 11.3 Å². The van der Waals surface area contributed by atoms with Crippen LogP contribution in [-0.4, -0.2) is 24.6 Å². The fourth-order valence-corrected chi connectivity index (χ4v) is 4.48. The highest BCUT2D eigenvalue weighted by Crippen LogP contribution is 2.40. The van der Waals surface area contributed by atoms with Gasteiger partial charge in [0.25, 0.3) is 6.47 Å². The zero-order valence-corrected chi connectivity index (χ0v) is 21.0. The van der Waals surface area contributed by atoms with Crippen molar-refractivity contribution in [1.82, 2.24) is 10.6 Å². The highest BCUT2D eigenvalue weighted by atomic mass is 16.5. The van der Waals surface area contributed by atoms with E-state index in [1.54, 1.807) is 6.92 Å². The minimum Gasteiger partial charge on any atom is -0.465 e. The monoisotopic (exact) mass is 476 g/mol. The Labute approximate surface area is 215 Å². The predicted octanol–water partition coefficient (Wildman–Crippen LogP) is 2.99. The van der Waals surface area contributed by atoms with Crippen molar-refractivity contribution in [2.24, 2.45) is 17.8 Å². The van der Waals surface area contributed by atoms with Crippen molar-refractivity contribution in [1.29, 1.82) is 0 Å². The first-order valence-corrected chi connectivity index (χ1v) is 11.8. The van der Waals surface area contributed by atoms with E-state index in [-0.39, 0.29) is 30.0 Å². The van der Waals surface area contributed by atoms with Gasteiger partial charge in [-0.15, -0.1) is 0 Å². The van der Waals surface area contributed by atoms with E-state index in [2.05, 4.69) is 100 Å². The van der Waals surface area contributed by atoms with Gasteiger partial charge in [-0.3, -0.25) is 4.79 Å². The van der Waals surface area contributed by atoms with Crippen molar-refractivity contribution in [2.75, 3.05) is 0 Å². The molecule has 5 unspecified atom stereocenters. The van der Waals surface area contributed by atoms with Crippen molar-refractivity contribution in [3.63, 3.8) is 0 Å². The summed E-state index contributed by atoms with van der Waals surface area (Å²) in [4.78, 5) is 23.1. The van der Waals surface area contributed by atoms with Gasteiger partial charge in [0.2, 0.25) is 0 Å². The van der Waals surface area contributed by atoms with E-state index in [0.29, 0.717) is 18.8 Å². The molecular weight excluding hydrogens is 448 g/mol. The van der Waals surface area contributed by atoms with Gasteiger partial charge in [-0.1, -0.05) is 31.6 Å². The topological polar surface area (TPSA) is 67.4 Å². The molecule has 180 valence electrons. The normalized spacial score (nSPS) is 22.2. The van der Waals surface area contributed by atoms with Gasteiger partial charge in [0.1, 0.15) is 6.10 Å². The van der Waals surface area contributed by atoms with Crippen LogP contribution in [0.3, 0.4) is 0 Å². The maximum absolute atomic E-state index is 12.3. The number of ether oxygens (including phenoxy) is 1. The van der Waals surface area contributed by atoms with Gasteiger partial charge in [0.05, 0.1) is 6.04 Å². The molecule has 5 nitrogen and oxygen atoms in total. The number of hydrogen-bond donors (Lipinski definition) is 2. The molecule has 1 fully saturated rings. The molecule has 2 rings (SSSR count). The molecule has 5 atom stereocenters. The van der Waals surface area contributed by atoms with Crippen LogP contribution < -0.4 is 10.6 Å². The van der Waals surface area contributed by atoms with Crippen molar-refractivity contribution in [3.8, 4) is 82.9 Å². The molecular formula is C31H28N2O3. The van der Waals surface area contributed by atoms with Crippen LogP contribution in [-0.2, 0) is 9.53 Å². The fourth-order valence-electron chi connectivity index (χ4n) is 4.48. The molecule has 2 aliphatic rings. The molecule has 2 N–H and O–H groups in total. The molecule has 36 heavy (non-hydrogen) atoms. The third-order valence-corrected chi connectivity index (χ3v) is 5.99. The second-order valence-corrected chi connectivity index (χ2v) is 8.46. The maximum Gasteiger partial charge on any atom is 0.319 e. The SMILES string of the molecule is CC#CC#CC#CC#CC#CC#CC#CC1CCCC(C)C1C1NC(=O)NC(C)=C1CC(C)OC=O. The Morgan fingerprint density at radius 3 is 2.14 bits per heavy atom. The Morgan fingerprint density at radius 1 is 0.972 bits per heavy atom. The van der Waals surface area contributed by atoms with E-state index in [9.17, 15) is 9.59 Å². The summed E-state index contributed by atoms with van der Waals surface area (Å²) in [5.41, 5.74) is 1.84. The number of nitrogens with one attached hydrogen (secondary N) is 2. The number of amides is 2. The lowest BCUT2D eigenvalue weighted by atomic mass is 9.67. The lowest BCUT2D eigenvalue weighted by molar-refractivity contribution is -0.132. The lowest BCUT2D eigenvalue weighted by Gasteiger charge is -2.43. The zero-order chi connectivity index (χ0) is 26.2. The van der Waals surface area contributed by atoms with E-state index in [4.69, 9.17) is 4.74 Å². The average Bonchev–Trinajstić information content (AvgIpc) is 2.84. The van der Waals surface area contributed by atoms with Gasteiger partial charge in [0, 0.05) is 18.0 Å². The standard InChI is InChI=1S/C31H28N2O3/c1-5-6-7-8-9-10-11-12-13-14-15-16-17-20-27-21-18-19-24(2)29(27)30-28(22-25(3)36-23-34)26(4)32-31(35)33-30/h23-25,27,29-30H,18-19,21-22H2,1-4H3,(H2,32,33,35). The first kappa shape index (κ1) is 27.6. The quantitative estimate of drug-likeness (QED) is 0.474. The zero-order valence-electron chi connectivity index (χ0n) is 21.0. The summed E-state index contributed by atoms with van der Waals surface area (Å²) in [6.07, 6.45) is 3.30. The van der Waals surface area contributed by atoms with E-state index in [1.165, 1.54) is 0 Å². The highest BCUT2D eigenvalue weighted by molar-refractivity contribution is 5.78. The molecule has 1 aliphatic carbocycles. The van der Waals surface area contributed by atoms with Crippen LogP contribution in [0.2, 0.25) is 0 Å². The minimum atomic E-state index is -0.294.